The van der Waals surface area contributed by atoms with Gasteiger partial charge in [-0.05, 0) is 22.7 Å². The third-order valence-electron chi connectivity index (χ3n) is 1.91. The third-order valence-corrected chi connectivity index (χ3v) is 3.15. The summed E-state index contributed by atoms with van der Waals surface area (Å²) in [7, 11) is 0.606. The molecule has 0 nitrogen and oxygen atoms in total. The summed E-state index contributed by atoms with van der Waals surface area (Å²) in [5.41, 5.74) is 0. The van der Waals surface area contributed by atoms with Crippen molar-refractivity contribution >= 4 is 19.2 Å². The summed E-state index contributed by atoms with van der Waals surface area (Å²) in [5, 5.41) is 2.44. The smallest absolute Gasteiger partial charge is 0.123 e. The predicted octanol–water partition coefficient (Wildman–Crippen LogP) is 2.46. The van der Waals surface area contributed by atoms with Gasteiger partial charge in [0.05, 0.1) is 0 Å². The largest absolute Gasteiger partial charge is 0.207 e. The van der Waals surface area contributed by atoms with E-state index < -0.39 is 0 Å². The fraction of sp³-hybridized carbons (Fsp3) is 0. The molecule has 14 heavy (non-hydrogen) atoms. The van der Waals surface area contributed by atoms with E-state index in [1.54, 1.807) is 0 Å². The molecular formula is C12H10FP. The van der Waals surface area contributed by atoms with E-state index in [9.17, 15) is 4.39 Å². The summed E-state index contributed by atoms with van der Waals surface area (Å²) in [6.07, 6.45) is 0. The maximum atomic E-state index is 12.6. The minimum Gasteiger partial charge on any atom is -0.207 e. The summed E-state index contributed by atoms with van der Waals surface area (Å²) in [5.74, 6) is -0.174. The summed E-state index contributed by atoms with van der Waals surface area (Å²) < 4.78 is 12.6. The zero-order chi connectivity index (χ0) is 9.80. The number of rotatable bonds is 2. The Bertz CT molecular complexity index is 394. The Morgan fingerprint density at radius 3 is 1.93 bits per heavy atom. The van der Waals surface area contributed by atoms with Crippen LogP contribution in [0.3, 0.4) is 0 Å². The van der Waals surface area contributed by atoms with Crippen LogP contribution in [0.25, 0.3) is 0 Å². The summed E-state index contributed by atoms with van der Waals surface area (Å²) in [6.45, 7) is 0. The zero-order valence-electron chi connectivity index (χ0n) is 7.57. The lowest BCUT2D eigenvalue weighted by atomic mass is 10.3. The molecule has 0 radical (unpaired) electrons. The van der Waals surface area contributed by atoms with Gasteiger partial charge in [-0.3, -0.25) is 0 Å². The van der Waals surface area contributed by atoms with E-state index in [2.05, 4.69) is 12.1 Å². The lowest BCUT2D eigenvalue weighted by Crippen LogP contribution is -2.02. The molecule has 70 valence electrons. The molecule has 2 rings (SSSR count). The highest BCUT2D eigenvalue weighted by Gasteiger charge is 1.95. The van der Waals surface area contributed by atoms with Crippen molar-refractivity contribution in [3.05, 3.63) is 60.4 Å². The molecule has 0 saturated heterocycles. The van der Waals surface area contributed by atoms with Gasteiger partial charge < -0.3 is 0 Å². The normalized spacial score (nSPS) is 10.9. The van der Waals surface area contributed by atoms with Crippen LogP contribution in [0.15, 0.2) is 54.6 Å². The van der Waals surface area contributed by atoms with E-state index >= 15 is 0 Å². The van der Waals surface area contributed by atoms with Crippen LogP contribution in [0.5, 0.6) is 0 Å². The molecular weight excluding hydrogens is 194 g/mol. The molecule has 0 N–H and O–H groups in total. The molecule has 2 aromatic carbocycles. The van der Waals surface area contributed by atoms with Gasteiger partial charge in [0.2, 0.25) is 0 Å². The Morgan fingerprint density at radius 2 is 1.29 bits per heavy atom. The average molecular weight is 204 g/mol. The molecule has 0 bridgehead atoms. The lowest BCUT2D eigenvalue weighted by Gasteiger charge is -2.01. The first-order valence-corrected chi connectivity index (χ1v) is 5.42. The standard InChI is InChI=1S/C12H10FP/c13-10-6-8-12(9-7-10)14-11-4-2-1-3-5-11/h1-9,14H. The first-order valence-electron chi connectivity index (χ1n) is 4.42. The Labute approximate surface area is 84.6 Å². The molecule has 1 atom stereocenters. The van der Waals surface area contributed by atoms with Crippen molar-refractivity contribution in [2.24, 2.45) is 0 Å². The van der Waals surface area contributed by atoms with Gasteiger partial charge in [0.1, 0.15) is 5.82 Å². The van der Waals surface area contributed by atoms with Crippen LogP contribution < -0.4 is 10.6 Å². The van der Waals surface area contributed by atoms with Gasteiger partial charge in [-0.25, -0.2) is 4.39 Å². The molecule has 0 aromatic heterocycles. The summed E-state index contributed by atoms with van der Waals surface area (Å²) in [4.78, 5) is 0. The lowest BCUT2D eigenvalue weighted by molar-refractivity contribution is 0.628. The number of halogens is 1. The minimum atomic E-state index is -0.174. The van der Waals surface area contributed by atoms with E-state index in [-0.39, 0.29) is 5.82 Å². The highest BCUT2D eigenvalue weighted by molar-refractivity contribution is 7.55. The first kappa shape index (κ1) is 9.36. The fourth-order valence-corrected chi connectivity index (χ4v) is 2.25. The first-order chi connectivity index (χ1) is 6.84. The topological polar surface area (TPSA) is 0 Å². The maximum absolute atomic E-state index is 12.6. The van der Waals surface area contributed by atoms with Crippen LogP contribution in [-0.4, -0.2) is 0 Å². The van der Waals surface area contributed by atoms with Crippen LogP contribution in [0.1, 0.15) is 0 Å². The van der Waals surface area contributed by atoms with Gasteiger partial charge in [-0.2, -0.15) is 0 Å². The minimum absolute atomic E-state index is 0.174. The van der Waals surface area contributed by atoms with Crippen molar-refractivity contribution in [1.82, 2.24) is 0 Å². The van der Waals surface area contributed by atoms with Crippen LogP contribution in [-0.2, 0) is 0 Å². The SMILES string of the molecule is Fc1ccc(Pc2ccccc2)cc1. The van der Waals surface area contributed by atoms with Crippen LogP contribution in [0, 0.1) is 5.82 Å². The van der Waals surface area contributed by atoms with Crippen molar-refractivity contribution in [3.8, 4) is 0 Å². The quantitative estimate of drug-likeness (QED) is 0.659. The molecule has 0 saturated carbocycles. The van der Waals surface area contributed by atoms with Crippen LogP contribution in [0.2, 0.25) is 0 Å². The van der Waals surface area contributed by atoms with Crippen molar-refractivity contribution in [1.29, 1.82) is 0 Å². The van der Waals surface area contributed by atoms with Gasteiger partial charge in [0.15, 0.2) is 0 Å². The van der Waals surface area contributed by atoms with Gasteiger partial charge in [0, 0.05) is 0 Å². The average Bonchev–Trinajstić information content (AvgIpc) is 2.23. The molecule has 0 aliphatic carbocycles. The molecule has 1 unspecified atom stereocenters. The van der Waals surface area contributed by atoms with Crippen molar-refractivity contribution < 1.29 is 4.39 Å². The van der Waals surface area contributed by atoms with Crippen molar-refractivity contribution in [2.75, 3.05) is 0 Å². The van der Waals surface area contributed by atoms with Crippen LogP contribution in [0.4, 0.5) is 4.39 Å². The van der Waals surface area contributed by atoms with E-state index in [1.807, 2.05) is 30.3 Å². The molecule has 0 heterocycles. The molecule has 0 aliphatic heterocycles. The van der Waals surface area contributed by atoms with E-state index in [0.717, 1.165) is 5.30 Å². The van der Waals surface area contributed by atoms with Gasteiger partial charge in [-0.1, -0.05) is 51.0 Å². The Hall–Kier alpha value is -1.20. The maximum Gasteiger partial charge on any atom is 0.123 e. The molecule has 2 aromatic rings. The molecule has 0 amide bonds. The molecule has 0 aliphatic rings. The molecule has 2 heteroatoms. The fourth-order valence-electron chi connectivity index (χ4n) is 1.22. The van der Waals surface area contributed by atoms with Gasteiger partial charge in [0.25, 0.3) is 0 Å². The monoisotopic (exact) mass is 204 g/mol. The van der Waals surface area contributed by atoms with Crippen molar-refractivity contribution in [3.63, 3.8) is 0 Å². The Kier molecular flexibility index (Phi) is 2.90. The van der Waals surface area contributed by atoms with Gasteiger partial charge >= 0.3 is 0 Å². The number of benzene rings is 2. The summed E-state index contributed by atoms with van der Waals surface area (Å²) in [6, 6.07) is 16.9. The second-order valence-corrected chi connectivity index (χ2v) is 4.40. The second kappa shape index (κ2) is 4.34. The third kappa shape index (κ3) is 2.40. The van der Waals surface area contributed by atoms with Gasteiger partial charge in [-0.15, -0.1) is 0 Å². The van der Waals surface area contributed by atoms with Crippen molar-refractivity contribution in [2.45, 2.75) is 0 Å². The Morgan fingerprint density at radius 1 is 0.714 bits per heavy atom. The predicted molar refractivity (Wildman–Crippen MR) is 60.4 cm³/mol. The molecule has 0 spiro atoms. The van der Waals surface area contributed by atoms with E-state index in [1.165, 1.54) is 17.4 Å². The number of hydrogen-bond donors (Lipinski definition) is 0. The molecule has 0 fully saturated rings. The van der Waals surface area contributed by atoms with E-state index in [0.29, 0.717) is 8.58 Å². The Balaban J connectivity index is 2.16. The highest BCUT2D eigenvalue weighted by Crippen LogP contribution is 2.10. The highest BCUT2D eigenvalue weighted by atomic mass is 31.1. The second-order valence-electron chi connectivity index (χ2n) is 3.00. The summed E-state index contributed by atoms with van der Waals surface area (Å²) >= 11 is 0. The van der Waals surface area contributed by atoms with Crippen LogP contribution >= 0.6 is 8.58 Å². The zero-order valence-corrected chi connectivity index (χ0v) is 8.57. The number of hydrogen-bond acceptors (Lipinski definition) is 0. The van der Waals surface area contributed by atoms with E-state index in [4.69, 9.17) is 0 Å².